The second kappa shape index (κ2) is 13.1. The Labute approximate surface area is 250 Å². The van der Waals surface area contributed by atoms with Crippen molar-refractivity contribution in [1.29, 1.82) is 0 Å². The zero-order valence-electron chi connectivity index (χ0n) is 25.2. The molecule has 1 saturated heterocycles. The lowest BCUT2D eigenvalue weighted by molar-refractivity contribution is -0.156. The lowest BCUT2D eigenvalue weighted by atomic mass is 9.79. The van der Waals surface area contributed by atoms with E-state index in [1.54, 1.807) is 38.1 Å². The summed E-state index contributed by atoms with van der Waals surface area (Å²) in [5, 5.41) is 14.1. The molecule has 0 unspecified atom stereocenters. The van der Waals surface area contributed by atoms with Crippen molar-refractivity contribution in [2.24, 2.45) is 11.8 Å². The maximum absolute atomic E-state index is 14.3. The van der Waals surface area contributed by atoms with Crippen LogP contribution in [0, 0.1) is 11.8 Å². The topological polar surface area (TPSA) is 97.3 Å². The summed E-state index contributed by atoms with van der Waals surface area (Å²) in [4.78, 5) is 28.9. The Balaban J connectivity index is 1.89. The number of benzene rings is 2. The number of likely N-dealkylation sites (tertiary alicyclic amines) is 1. The van der Waals surface area contributed by atoms with Crippen molar-refractivity contribution in [3.8, 4) is 11.5 Å². The number of rotatable bonds is 10. The molecule has 1 aliphatic carbocycles. The number of carbonyl (C=O) groups is 2. The van der Waals surface area contributed by atoms with Crippen LogP contribution in [-0.2, 0) is 27.0 Å². The number of halogens is 3. The highest BCUT2D eigenvalue weighted by molar-refractivity contribution is 5.87. The monoisotopic (exact) mass is 606 g/mol. The number of carbonyl (C=O) groups excluding carboxylic acids is 1. The fourth-order valence-electron chi connectivity index (χ4n) is 6.78. The quantitative estimate of drug-likeness (QED) is 0.351. The van der Waals surface area contributed by atoms with Gasteiger partial charge in [0.2, 0.25) is 5.91 Å². The van der Waals surface area contributed by atoms with Gasteiger partial charge in [-0.2, -0.15) is 13.2 Å². The SMILES string of the molecule is COc1ccc(C(F)(F)F)cc1CN[C@H]1[C@H](C(C)(C)OC)[C@@H](C(=O)O)N(C(=O)C2CCCCC2)[C@H]1c1ccccc1OC. The Morgan fingerprint density at radius 1 is 0.977 bits per heavy atom. The summed E-state index contributed by atoms with van der Waals surface area (Å²) in [7, 11) is 4.36. The van der Waals surface area contributed by atoms with Gasteiger partial charge in [-0.1, -0.05) is 37.5 Å². The molecule has 2 aliphatic rings. The standard InChI is InChI=1S/C32H41F3N2O6/c1-31(2,43-5)25-26(36-18-20-17-21(32(33,34)35)15-16-23(20)41-3)27(22-13-9-10-14-24(22)42-4)37(28(25)30(39)40)29(38)19-11-7-6-8-12-19/h9-10,13-17,19,25-28,36H,6-8,11-12,18H2,1-5H3,(H,39,40)/t25-,26-,27-,28-/m0/s1. The molecule has 43 heavy (non-hydrogen) atoms. The van der Waals surface area contributed by atoms with Gasteiger partial charge in [-0.3, -0.25) is 4.79 Å². The summed E-state index contributed by atoms with van der Waals surface area (Å²) < 4.78 is 57.8. The van der Waals surface area contributed by atoms with E-state index in [1.165, 1.54) is 32.3 Å². The lowest BCUT2D eigenvalue weighted by Crippen LogP contribution is -2.53. The van der Waals surface area contributed by atoms with Gasteiger partial charge >= 0.3 is 12.1 Å². The first kappa shape index (κ1) is 32.6. The Morgan fingerprint density at radius 2 is 1.63 bits per heavy atom. The predicted octanol–water partition coefficient (Wildman–Crippen LogP) is 5.84. The van der Waals surface area contributed by atoms with Gasteiger partial charge < -0.3 is 29.5 Å². The molecule has 11 heteroatoms. The van der Waals surface area contributed by atoms with E-state index in [4.69, 9.17) is 14.2 Å². The zero-order valence-corrected chi connectivity index (χ0v) is 25.2. The summed E-state index contributed by atoms with van der Waals surface area (Å²) in [6, 6.07) is 7.52. The van der Waals surface area contributed by atoms with E-state index in [9.17, 15) is 27.9 Å². The third kappa shape index (κ3) is 6.62. The number of nitrogens with one attached hydrogen (secondary N) is 1. The number of ether oxygens (including phenoxy) is 3. The Kier molecular flexibility index (Phi) is 9.96. The van der Waals surface area contributed by atoms with Crippen molar-refractivity contribution in [1.82, 2.24) is 10.2 Å². The fourth-order valence-corrected chi connectivity index (χ4v) is 6.78. The molecule has 1 aliphatic heterocycles. The van der Waals surface area contributed by atoms with Gasteiger partial charge in [-0.25, -0.2) is 4.79 Å². The average molecular weight is 607 g/mol. The van der Waals surface area contributed by atoms with Crippen molar-refractivity contribution in [2.45, 2.75) is 82.4 Å². The van der Waals surface area contributed by atoms with Crippen LogP contribution >= 0.6 is 0 Å². The number of carboxylic acids is 1. The van der Waals surface area contributed by atoms with Crippen molar-refractivity contribution >= 4 is 11.9 Å². The average Bonchev–Trinajstić information content (AvgIpc) is 3.35. The number of hydrogen-bond donors (Lipinski definition) is 2. The maximum Gasteiger partial charge on any atom is 0.416 e. The van der Waals surface area contributed by atoms with Gasteiger partial charge in [-0.05, 0) is 51.0 Å². The Morgan fingerprint density at radius 3 is 2.21 bits per heavy atom. The smallest absolute Gasteiger partial charge is 0.416 e. The van der Waals surface area contributed by atoms with Gasteiger partial charge in [0.25, 0.3) is 0 Å². The highest BCUT2D eigenvalue weighted by atomic mass is 19.4. The van der Waals surface area contributed by atoms with Crippen LogP contribution < -0.4 is 14.8 Å². The van der Waals surface area contributed by atoms with Gasteiger partial charge in [0.1, 0.15) is 17.5 Å². The van der Waals surface area contributed by atoms with Crippen molar-refractivity contribution in [3.05, 3.63) is 59.2 Å². The summed E-state index contributed by atoms with van der Waals surface area (Å²) in [5.74, 6) is -1.84. The Hall–Kier alpha value is -3.31. The molecule has 4 atom stereocenters. The van der Waals surface area contributed by atoms with Gasteiger partial charge in [0, 0.05) is 42.7 Å². The van der Waals surface area contributed by atoms with Crippen LogP contribution in [0.1, 0.15) is 68.7 Å². The third-order valence-corrected chi connectivity index (χ3v) is 9.05. The summed E-state index contributed by atoms with van der Waals surface area (Å²) in [6.45, 7) is 3.44. The first-order valence-corrected chi connectivity index (χ1v) is 14.6. The van der Waals surface area contributed by atoms with Gasteiger partial charge in [0.15, 0.2) is 0 Å². The van der Waals surface area contributed by atoms with E-state index in [0.29, 0.717) is 24.2 Å². The minimum Gasteiger partial charge on any atom is -0.496 e. The molecule has 2 aromatic carbocycles. The van der Waals surface area contributed by atoms with Crippen LogP contribution in [0.3, 0.4) is 0 Å². The first-order valence-electron chi connectivity index (χ1n) is 14.6. The highest BCUT2D eigenvalue weighted by Crippen LogP contribution is 2.49. The third-order valence-electron chi connectivity index (χ3n) is 9.05. The van der Waals surface area contributed by atoms with Crippen molar-refractivity contribution in [3.63, 3.8) is 0 Å². The van der Waals surface area contributed by atoms with E-state index in [1.807, 2.05) is 0 Å². The molecule has 0 aromatic heterocycles. The van der Waals surface area contributed by atoms with E-state index < -0.39 is 47.4 Å². The second-order valence-electron chi connectivity index (χ2n) is 11.8. The number of alkyl halides is 3. The molecule has 2 N–H and O–H groups in total. The highest BCUT2D eigenvalue weighted by Gasteiger charge is 2.60. The van der Waals surface area contributed by atoms with Gasteiger partial charge in [-0.15, -0.1) is 0 Å². The van der Waals surface area contributed by atoms with Crippen LogP contribution in [0.25, 0.3) is 0 Å². The number of amides is 1. The number of hydrogen-bond acceptors (Lipinski definition) is 6. The van der Waals surface area contributed by atoms with Crippen LogP contribution in [-0.4, -0.2) is 60.9 Å². The number of carboxylic acid groups (broad SMARTS) is 1. The molecular formula is C32H41F3N2O6. The van der Waals surface area contributed by atoms with Crippen LogP contribution in [0.4, 0.5) is 13.2 Å². The lowest BCUT2D eigenvalue weighted by Gasteiger charge is -2.37. The number of para-hydroxylation sites is 1. The molecule has 1 heterocycles. The van der Waals surface area contributed by atoms with Crippen molar-refractivity contribution in [2.75, 3.05) is 21.3 Å². The maximum atomic E-state index is 14.3. The van der Waals surface area contributed by atoms with Gasteiger partial charge in [0.05, 0.1) is 31.4 Å². The molecule has 1 saturated carbocycles. The molecule has 2 aromatic rings. The summed E-state index contributed by atoms with van der Waals surface area (Å²) in [6.07, 6.45) is -0.454. The Bertz CT molecular complexity index is 1290. The normalized spacial score (nSPS) is 23.3. The zero-order chi connectivity index (χ0) is 31.5. The molecule has 1 amide bonds. The fraction of sp³-hybridized carbons (Fsp3) is 0.562. The molecule has 2 fully saturated rings. The van der Waals surface area contributed by atoms with Crippen LogP contribution in [0.15, 0.2) is 42.5 Å². The van der Waals surface area contributed by atoms with E-state index in [2.05, 4.69) is 5.32 Å². The first-order chi connectivity index (χ1) is 20.3. The molecule has 0 radical (unpaired) electrons. The molecule has 8 nitrogen and oxygen atoms in total. The molecular weight excluding hydrogens is 565 g/mol. The van der Waals surface area contributed by atoms with Crippen LogP contribution in [0.2, 0.25) is 0 Å². The largest absolute Gasteiger partial charge is 0.496 e. The van der Waals surface area contributed by atoms with E-state index in [0.717, 1.165) is 31.4 Å². The van der Waals surface area contributed by atoms with Crippen LogP contribution in [0.5, 0.6) is 11.5 Å². The number of aliphatic carboxylic acids is 1. The predicted molar refractivity (Wildman–Crippen MR) is 154 cm³/mol. The number of methoxy groups -OCH3 is 3. The molecule has 236 valence electrons. The van der Waals surface area contributed by atoms with E-state index in [-0.39, 0.29) is 29.7 Å². The minimum absolute atomic E-state index is 0.0858. The second-order valence-corrected chi connectivity index (χ2v) is 11.8. The summed E-state index contributed by atoms with van der Waals surface area (Å²) >= 11 is 0. The molecule has 0 bridgehead atoms. The molecule has 0 spiro atoms. The number of nitrogens with zero attached hydrogens (tertiary/aromatic N) is 1. The molecule has 4 rings (SSSR count). The van der Waals surface area contributed by atoms with Crippen molar-refractivity contribution < 1.29 is 42.1 Å². The minimum atomic E-state index is -4.56. The summed E-state index contributed by atoms with van der Waals surface area (Å²) in [5.41, 5.74) is -1.04. The van der Waals surface area contributed by atoms with E-state index >= 15 is 0 Å².